The summed E-state index contributed by atoms with van der Waals surface area (Å²) in [5.74, 6) is 2.38. The second-order valence-electron chi connectivity index (χ2n) is 7.53. The van der Waals surface area contributed by atoms with E-state index in [1.807, 2.05) is 26.0 Å². The van der Waals surface area contributed by atoms with Crippen molar-refractivity contribution in [2.45, 2.75) is 39.0 Å². The second-order valence-corrected chi connectivity index (χ2v) is 7.53. The van der Waals surface area contributed by atoms with Gasteiger partial charge in [0.15, 0.2) is 11.5 Å². The number of carbonyl (C=O) groups excluding carboxylic acids is 1. The average molecular weight is 425 g/mol. The van der Waals surface area contributed by atoms with Gasteiger partial charge in [0.1, 0.15) is 12.4 Å². The van der Waals surface area contributed by atoms with Gasteiger partial charge in [-0.3, -0.25) is 0 Å². The summed E-state index contributed by atoms with van der Waals surface area (Å²) in [5.41, 5.74) is 0.825. The molecule has 3 heterocycles. The Hall–Kier alpha value is -3.49. The molecule has 0 saturated heterocycles. The Morgan fingerprint density at radius 2 is 2.16 bits per heavy atom. The highest BCUT2D eigenvalue weighted by molar-refractivity contribution is 5.73. The first-order valence-corrected chi connectivity index (χ1v) is 10.4. The Labute approximate surface area is 181 Å². The molecule has 1 amide bonds. The minimum absolute atomic E-state index is 0.101. The van der Waals surface area contributed by atoms with Crippen molar-refractivity contribution in [3.63, 3.8) is 0 Å². The molecule has 9 heteroatoms. The molecule has 2 aromatic rings. The largest absolute Gasteiger partial charge is 0.480 e. The lowest BCUT2D eigenvalue weighted by Gasteiger charge is -2.29. The van der Waals surface area contributed by atoms with Gasteiger partial charge in [0, 0.05) is 31.4 Å². The molecule has 164 valence electrons. The Balaban J connectivity index is 1.45. The lowest BCUT2D eigenvalue weighted by Crippen LogP contribution is -2.40. The maximum absolute atomic E-state index is 12.8. The third-order valence-corrected chi connectivity index (χ3v) is 5.18. The van der Waals surface area contributed by atoms with E-state index in [9.17, 15) is 4.79 Å². The van der Waals surface area contributed by atoms with Crippen LogP contribution in [0.4, 0.5) is 16.6 Å². The lowest BCUT2D eigenvalue weighted by molar-refractivity contribution is 0.102. The maximum Gasteiger partial charge on any atom is 0.415 e. The first-order valence-electron chi connectivity index (χ1n) is 10.4. The fourth-order valence-electron chi connectivity index (χ4n) is 3.52. The lowest BCUT2D eigenvalue weighted by atomic mass is 10.2. The summed E-state index contributed by atoms with van der Waals surface area (Å²) in [4.78, 5) is 23.2. The number of hydrogen-bond acceptors (Lipinski definition) is 8. The number of ether oxygens (including phenoxy) is 3. The van der Waals surface area contributed by atoms with Gasteiger partial charge in [0.25, 0.3) is 0 Å². The molecular formula is C22H27N5O4. The zero-order chi connectivity index (χ0) is 21.8. The summed E-state index contributed by atoms with van der Waals surface area (Å²) in [7, 11) is 1.80. The third-order valence-electron chi connectivity index (χ3n) is 5.18. The van der Waals surface area contributed by atoms with E-state index in [2.05, 4.69) is 26.7 Å². The van der Waals surface area contributed by atoms with E-state index in [0.717, 1.165) is 18.5 Å². The Morgan fingerprint density at radius 3 is 3.00 bits per heavy atom. The normalized spacial score (nSPS) is 20.0. The predicted octanol–water partition coefficient (Wildman–Crippen LogP) is 3.58. The van der Waals surface area contributed by atoms with Gasteiger partial charge in [0.2, 0.25) is 17.9 Å². The van der Waals surface area contributed by atoms with E-state index < -0.39 is 12.3 Å². The number of fused-ring (bicyclic) bond motifs is 1. The molecular weight excluding hydrogens is 398 g/mol. The molecule has 2 aliphatic heterocycles. The van der Waals surface area contributed by atoms with Crippen molar-refractivity contribution < 1.29 is 19.0 Å². The smallest absolute Gasteiger partial charge is 0.415 e. The molecule has 1 aromatic heterocycles. The van der Waals surface area contributed by atoms with Crippen LogP contribution in [0.2, 0.25) is 0 Å². The molecule has 9 nitrogen and oxygen atoms in total. The fourth-order valence-corrected chi connectivity index (χ4v) is 3.52. The number of allylic oxidation sites excluding steroid dienone is 1. The van der Waals surface area contributed by atoms with Gasteiger partial charge in [0.05, 0.1) is 0 Å². The van der Waals surface area contributed by atoms with Crippen LogP contribution in [0.5, 0.6) is 17.2 Å². The van der Waals surface area contributed by atoms with E-state index >= 15 is 0 Å². The SMILES string of the molecule is CNc1cc(C)nc(NC2COc3c(OC(=O)N4CC=CCCC4C)cccc3O2)n1. The van der Waals surface area contributed by atoms with Crippen LogP contribution in [0.3, 0.4) is 0 Å². The molecule has 2 atom stereocenters. The van der Waals surface area contributed by atoms with E-state index in [4.69, 9.17) is 14.2 Å². The maximum atomic E-state index is 12.8. The van der Waals surface area contributed by atoms with Gasteiger partial charge in [-0.05, 0) is 38.8 Å². The zero-order valence-corrected chi connectivity index (χ0v) is 17.9. The molecule has 2 unspecified atom stereocenters. The minimum Gasteiger partial charge on any atom is -0.480 e. The fraction of sp³-hybridized carbons (Fsp3) is 0.409. The first-order chi connectivity index (χ1) is 15.0. The monoisotopic (exact) mass is 425 g/mol. The standard InChI is InChI=1S/C22H27N5O4/c1-14-12-18(23-3)25-21(24-14)26-19-13-29-20-16(30-19)9-7-10-17(20)31-22(28)27-11-6-4-5-8-15(27)2/h4,6-7,9-10,12,15,19H,5,8,11,13H2,1-3H3,(H2,23,24,25,26). The summed E-state index contributed by atoms with van der Waals surface area (Å²) >= 11 is 0. The van der Waals surface area contributed by atoms with Crippen LogP contribution < -0.4 is 24.8 Å². The molecule has 0 saturated carbocycles. The summed E-state index contributed by atoms with van der Waals surface area (Å²) in [6.07, 6.45) is 5.06. The number of amides is 1. The highest BCUT2D eigenvalue weighted by atomic mass is 16.6. The molecule has 0 spiro atoms. The van der Waals surface area contributed by atoms with E-state index in [0.29, 0.717) is 35.6 Å². The number of nitrogens with zero attached hydrogens (tertiary/aromatic N) is 3. The number of aromatic nitrogens is 2. The van der Waals surface area contributed by atoms with Crippen molar-refractivity contribution in [1.82, 2.24) is 14.9 Å². The molecule has 0 aliphatic carbocycles. The van der Waals surface area contributed by atoms with Gasteiger partial charge in [-0.1, -0.05) is 18.2 Å². The molecule has 2 aliphatic rings. The molecule has 0 radical (unpaired) electrons. The van der Waals surface area contributed by atoms with E-state index in [-0.39, 0.29) is 12.6 Å². The number of carbonyl (C=O) groups is 1. The summed E-state index contributed by atoms with van der Waals surface area (Å²) < 4.78 is 17.6. The van der Waals surface area contributed by atoms with Gasteiger partial charge < -0.3 is 29.7 Å². The van der Waals surface area contributed by atoms with Crippen molar-refractivity contribution in [2.24, 2.45) is 0 Å². The van der Waals surface area contributed by atoms with Gasteiger partial charge >= 0.3 is 6.09 Å². The molecule has 0 fully saturated rings. The number of anilines is 2. The van der Waals surface area contributed by atoms with Crippen molar-refractivity contribution in [3.8, 4) is 17.2 Å². The van der Waals surface area contributed by atoms with Crippen molar-refractivity contribution in [2.75, 3.05) is 30.8 Å². The number of hydrogen-bond donors (Lipinski definition) is 2. The molecule has 2 N–H and O–H groups in total. The number of benzene rings is 1. The van der Waals surface area contributed by atoms with Gasteiger partial charge in [-0.25, -0.2) is 9.78 Å². The Bertz CT molecular complexity index is 980. The van der Waals surface area contributed by atoms with Gasteiger partial charge in [-0.2, -0.15) is 4.98 Å². The number of rotatable bonds is 4. The highest BCUT2D eigenvalue weighted by Crippen LogP contribution is 2.40. The Kier molecular flexibility index (Phi) is 6.11. The topological polar surface area (TPSA) is 97.8 Å². The number of aryl methyl sites for hydroxylation is 1. The van der Waals surface area contributed by atoms with Crippen LogP contribution in [0.25, 0.3) is 0 Å². The average Bonchev–Trinajstić information content (AvgIpc) is 2.97. The quantitative estimate of drug-likeness (QED) is 0.718. The van der Waals surface area contributed by atoms with Crippen LogP contribution in [0.1, 0.15) is 25.5 Å². The van der Waals surface area contributed by atoms with Crippen molar-refractivity contribution in [3.05, 3.63) is 42.1 Å². The molecule has 0 bridgehead atoms. The van der Waals surface area contributed by atoms with E-state index in [1.165, 1.54) is 0 Å². The van der Waals surface area contributed by atoms with Crippen LogP contribution >= 0.6 is 0 Å². The van der Waals surface area contributed by atoms with Crippen LogP contribution in [0.15, 0.2) is 36.4 Å². The van der Waals surface area contributed by atoms with Gasteiger partial charge in [-0.15, -0.1) is 0 Å². The zero-order valence-electron chi connectivity index (χ0n) is 17.9. The second kappa shape index (κ2) is 9.11. The summed E-state index contributed by atoms with van der Waals surface area (Å²) in [5, 5.41) is 6.13. The van der Waals surface area contributed by atoms with Crippen LogP contribution in [-0.2, 0) is 0 Å². The van der Waals surface area contributed by atoms with Crippen LogP contribution in [-0.4, -0.2) is 53.4 Å². The van der Waals surface area contributed by atoms with E-state index in [1.54, 1.807) is 30.1 Å². The number of nitrogens with one attached hydrogen (secondary N) is 2. The number of para-hydroxylation sites is 1. The molecule has 4 rings (SSSR count). The predicted molar refractivity (Wildman–Crippen MR) is 117 cm³/mol. The van der Waals surface area contributed by atoms with Crippen molar-refractivity contribution >= 4 is 17.9 Å². The molecule has 1 aromatic carbocycles. The minimum atomic E-state index is -0.485. The highest BCUT2D eigenvalue weighted by Gasteiger charge is 2.28. The third kappa shape index (κ3) is 4.82. The van der Waals surface area contributed by atoms with Crippen LogP contribution in [0, 0.1) is 6.92 Å². The summed E-state index contributed by atoms with van der Waals surface area (Å²) in [6.45, 7) is 4.65. The summed E-state index contributed by atoms with van der Waals surface area (Å²) in [6, 6.07) is 7.19. The van der Waals surface area contributed by atoms with Crippen molar-refractivity contribution in [1.29, 1.82) is 0 Å². The first kappa shape index (κ1) is 20.8. The molecule has 31 heavy (non-hydrogen) atoms. The Morgan fingerprint density at radius 1 is 1.29 bits per heavy atom.